The van der Waals surface area contributed by atoms with Crippen molar-refractivity contribution in [3.8, 4) is 11.8 Å². The van der Waals surface area contributed by atoms with E-state index in [1.54, 1.807) is 4.90 Å². The van der Waals surface area contributed by atoms with Crippen LogP contribution in [0.3, 0.4) is 0 Å². The molecule has 0 atom stereocenters. The molecule has 0 unspecified atom stereocenters. The first-order valence-electron chi connectivity index (χ1n) is 7.23. The van der Waals surface area contributed by atoms with Crippen LogP contribution in [0.4, 0.5) is 18.0 Å². The molecule has 4 nitrogen and oxygen atoms in total. The number of hydrogen-bond donors (Lipinski definition) is 2. The molecule has 1 fully saturated rings. The first-order valence-corrected chi connectivity index (χ1v) is 7.23. The summed E-state index contributed by atoms with van der Waals surface area (Å²) in [5.74, 6) is 5.22. The minimum Gasteiger partial charge on any atom is -0.395 e. The maximum Gasteiger partial charge on any atom is 0.416 e. The van der Waals surface area contributed by atoms with Gasteiger partial charge in [-0.05, 0) is 31.0 Å². The average molecular weight is 326 g/mol. The van der Waals surface area contributed by atoms with Gasteiger partial charge in [0.2, 0.25) is 0 Å². The molecule has 0 saturated heterocycles. The summed E-state index contributed by atoms with van der Waals surface area (Å²) in [6, 6.07) is 4.57. The van der Waals surface area contributed by atoms with E-state index in [1.165, 1.54) is 12.1 Å². The number of benzene rings is 1. The van der Waals surface area contributed by atoms with Gasteiger partial charge in [0, 0.05) is 18.2 Å². The van der Waals surface area contributed by atoms with E-state index in [0.29, 0.717) is 0 Å². The summed E-state index contributed by atoms with van der Waals surface area (Å²) in [5, 5.41) is 11.5. The molecule has 0 aliphatic heterocycles. The van der Waals surface area contributed by atoms with Crippen LogP contribution in [-0.2, 0) is 6.18 Å². The second-order valence-electron chi connectivity index (χ2n) is 5.19. The Bertz CT molecular complexity index is 616. The fraction of sp³-hybridized carbons (Fsp3) is 0.438. The first kappa shape index (κ1) is 17.2. The zero-order chi connectivity index (χ0) is 16.9. The number of urea groups is 1. The lowest BCUT2D eigenvalue weighted by Crippen LogP contribution is -2.43. The van der Waals surface area contributed by atoms with Crippen molar-refractivity contribution in [3.05, 3.63) is 35.4 Å². The summed E-state index contributed by atoms with van der Waals surface area (Å²) in [4.78, 5) is 13.4. The fourth-order valence-electron chi connectivity index (χ4n) is 2.08. The summed E-state index contributed by atoms with van der Waals surface area (Å²) in [6.45, 7) is 0.182. The Morgan fingerprint density at radius 2 is 2.13 bits per heavy atom. The van der Waals surface area contributed by atoms with E-state index in [9.17, 15) is 18.0 Å². The third-order valence-corrected chi connectivity index (χ3v) is 3.34. The van der Waals surface area contributed by atoms with Crippen molar-refractivity contribution in [2.45, 2.75) is 25.1 Å². The van der Waals surface area contributed by atoms with E-state index >= 15 is 0 Å². The van der Waals surface area contributed by atoms with E-state index < -0.39 is 11.7 Å². The Morgan fingerprint density at radius 1 is 1.39 bits per heavy atom. The lowest BCUT2D eigenvalue weighted by Gasteiger charge is -2.20. The molecule has 7 heteroatoms. The largest absolute Gasteiger partial charge is 0.416 e. The van der Waals surface area contributed by atoms with Crippen LogP contribution in [0.5, 0.6) is 0 Å². The van der Waals surface area contributed by atoms with E-state index in [1.807, 2.05) is 0 Å². The number of halogens is 3. The second kappa shape index (κ2) is 7.38. The van der Waals surface area contributed by atoms with Gasteiger partial charge in [0.15, 0.2) is 0 Å². The number of nitrogens with zero attached hydrogens (tertiary/aromatic N) is 1. The maximum absolute atomic E-state index is 12.6. The molecule has 0 spiro atoms. The number of alkyl halides is 3. The number of aliphatic hydroxyl groups is 1. The predicted octanol–water partition coefficient (Wildman–Crippen LogP) is 2.22. The van der Waals surface area contributed by atoms with Crippen LogP contribution in [0.1, 0.15) is 24.0 Å². The number of carbonyl (C=O) groups is 1. The molecule has 1 aliphatic rings. The van der Waals surface area contributed by atoms with Gasteiger partial charge in [0.05, 0.1) is 18.7 Å². The Kier molecular flexibility index (Phi) is 5.50. The van der Waals surface area contributed by atoms with Crippen molar-refractivity contribution in [1.82, 2.24) is 10.2 Å². The fourth-order valence-corrected chi connectivity index (χ4v) is 2.08. The number of hydrogen-bond acceptors (Lipinski definition) is 2. The van der Waals surface area contributed by atoms with Crippen LogP contribution in [0, 0.1) is 11.8 Å². The summed E-state index contributed by atoms with van der Waals surface area (Å²) >= 11 is 0. The molecule has 0 heterocycles. The minimum absolute atomic E-state index is 0.0315. The van der Waals surface area contributed by atoms with Gasteiger partial charge in [0.25, 0.3) is 0 Å². The number of aliphatic hydroxyl groups excluding tert-OH is 1. The van der Waals surface area contributed by atoms with E-state index in [2.05, 4.69) is 17.2 Å². The van der Waals surface area contributed by atoms with Crippen LogP contribution < -0.4 is 5.32 Å². The van der Waals surface area contributed by atoms with Crippen molar-refractivity contribution >= 4 is 6.03 Å². The third kappa shape index (κ3) is 5.18. The van der Waals surface area contributed by atoms with Gasteiger partial charge >= 0.3 is 12.2 Å². The number of carbonyl (C=O) groups excluding carboxylic acids is 1. The molecule has 2 amide bonds. The SMILES string of the molecule is O=C(NCC#Cc1cccc(C(F)(F)F)c1)N(CCO)C1CC1. The van der Waals surface area contributed by atoms with E-state index in [-0.39, 0.29) is 37.3 Å². The zero-order valence-corrected chi connectivity index (χ0v) is 12.4. The van der Waals surface area contributed by atoms with Gasteiger partial charge in [-0.2, -0.15) is 13.2 Å². The summed E-state index contributed by atoms with van der Waals surface area (Å²) < 4.78 is 37.7. The second-order valence-corrected chi connectivity index (χ2v) is 5.19. The van der Waals surface area contributed by atoms with Crippen molar-refractivity contribution in [1.29, 1.82) is 0 Å². The van der Waals surface area contributed by atoms with Crippen LogP contribution in [-0.4, -0.2) is 41.8 Å². The highest BCUT2D eigenvalue weighted by molar-refractivity contribution is 5.75. The van der Waals surface area contributed by atoms with Gasteiger partial charge < -0.3 is 15.3 Å². The molecule has 1 aliphatic carbocycles. The monoisotopic (exact) mass is 326 g/mol. The van der Waals surface area contributed by atoms with Crippen molar-refractivity contribution < 1.29 is 23.1 Å². The molecule has 0 radical (unpaired) electrons. The van der Waals surface area contributed by atoms with Gasteiger partial charge in [-0.15, -0.1) is 0 Å². The molecule has 23 heavy (non-hydrogen) atoms. The van der Waals surface area contributed by atoms with Crippen LogP contribution in [0.2, 0.25) is 0 Å². The standard InChI is InChI=1S/C16H17F3N2O2/c17-16(18,19)13-5-1-3-12(11-13)4-2-8-20-15(23)21(9-10-22)14-6-7-14/h1,3,5,11,14,22H,6-10H2,(H,20,23). The number of amides is 2. The highest BCUT2D eigenvalue weighted by Crippen LogP contribution is 2.29. The lowest BCUT2D eigenvalue weighted by atomic mass is 10.1. The first-order chi connectivity index (χ1) is 10.9. The Balaban J connectivity index is 1.89. The molecular formula is C16H17F3N2O2. The van der Waals surface area contributed by atoms with Gasteiger partial charge in [-0.1, -0.05) is 17.9 Å². The summed E-state index contributed by atoms with van der Waals surface area (Å²) in [5.41, 5.74) is -0.514. The normalized spacial score (nSPS) is 13.9. The van der Waals surface area contributed by atoms with E-state index in [0.717, 1.165) is 25.0 Å². The van der Waals surface area contributed by atoms with Crippen LogP contribution in [0.15, 0.2) is 24.3 Å². The summed E-state index contributed by atoms with van der Waals surface area (Å²) in [6.07, 6.45) is -2.56. The minimum atomic E-state index is -4.40. The maximum atomic E-state index is 12.6. The quantitative estimate of drug-likeness (QED) is 0.834. The smallest absolute Gasteiger partial charge is 0.395 e. The molecule has 2 rings (SSSR count). The van der Waals surface area contributed by atoms with Gasteiger partial charge in [0.1, 0.15) is 0 Å². The molecule has 0 bridgehead atoms. The van der Waals surface area contributed by atoms with Crippen molar-refractivity contribution in [2.75, 3.05) is 19.7 Å². The molecule has 0 aromatic heterocycles. The number of nitrogens with one attached hydrogen (secondary N) is 1. The molecule has 2 N–H and O–H groups in total. The number of rotatable bonds is 4. The topological polar surface area (TPSA) is 52.6 Å². The highest BCUT2D eigenvalue weighted by atomic mass is 19.4. The Hall–Kier alpha value is -2.20. The van der Waals surface area contributed by atoms with Gasteiger partial charge in [-0.25, -0.2) is 4.79 Å². The third-order valence-electron chi connectivity index (χ3n) is 3.34. The van der Waals surface area contributed by atoms with Gasteiger partial charge in [-0.3, -0.25) is 0 Å². The zero-order valence-electron chi connectivity index (χ0n) is 12.4. The molecule has 1 aromatic carbocycles. The molecular weight excluding hydrogens is 309 g/mol. The molecule has 1 saturated carbocycles. The van der Waals surface area contributed by atoms with Crippen molar-refractivity contribution in [2.24, 2.45) is 0 Å². The highest BCUT2D eigenvalue weighted by Gasteiger charge is 2.32. The van der Waals surface area contributed by atoms with Crippen LogP contribution in [0.25, 0.3) is 0 Å². The predicted molar refractivity (Wildman–Crippen MR) is 78.5 cm³/mol. The van der Waals surface area contributed by atoms with Crippen LogP contribution >= 0.6 is 0 Å². The Labute approximate surface area is 132 Å². The molecule has 1 aromatic rings. The van der Waals surface area contributed by atoms with Crippen molar-refractivity contribution in [3.63, 3.8) is 0 Å². The average Bonchev–Trinajstić information content (AvgIpc) is 3.33. The Morgan fingerprint density at radius 3 is 2.74 bits per heavy atom. The lowest BCUT2D eigenvalue weighted by molar-refractivity contribution is -0.137. The molecule has 124 valence electrons. The van der Waals surface area contributed by atoms with E-state index in [4.69, 9.17) is 5.11 Å². The summed E-state index contributed by atoms with van der Waals surface area (Å²) in [7, 11) is 0.